The van der Waals surface area contributed by atoms with Gasteiger partial charge in [0.05, 0.1) is 0 Å². The molecule has 5 rings (SSSR count). The van der Waals surface area contributed by atoms with Gasteiger partial charge in [-0.3, -0.25) is 9.89 Å². The molecular weight excluding hydrogens is 344 g/mol. The first-order valence-electron chi connectivity index (χ1n) is 9.45. The second-order valence-corrected chi connectivity index (χ2v) is 7.56. The third-order valence-corrected chi connectivity index (χ3v) is 5.51. The smallest absolute Gasteiger partial charge is 0.271 e. The summed E-state index contributed by atoms with van der Waals surface area (Å²) >= 11 is 0. The minimum Gasteiger partial charge on any atom is -0.354 e. The number of aromatic nitrogens is 6. The molecule has 140 valence electrons. The van der Waals surface area contributed by atoms with Crippen molar-refractivity contribution in [1.29, 1.82) is 0 Å². The summed E-state index contributed by atoms with van der Waals surface area (Å²) in [7, 11) is 0. The Kier molecular flexibility index (Phi) is 3.80. The first-order valence-corrected chi connectivity index (χ1v) is 9.45. The van der Waals surface area contributed by atoms with Crippen molar-refractivity contribution in [1.82, 2.24) is 35.3 Å². The zero-order valence-electron chi connectivity index (χ0n) is 15.2. The van der Waals surface area contributed by atoms with Gasteiger partial charge >= 0.3 is 0 Å². The number of carbonyl (C=O) groups is 1. The minimum absolute atomic E-state index is 0.132. The van der Waals surface area contributed by atoms with Crippen LogP contribution >= 0.6 is 0 Å². The molecule has 2 N–H and O–H groups in total. The van der Waals surface area contributed by atoms with Gasteiger partial charge in [0, 0.05) is 37.2 Å². The molecule has 0 spiro atoms. The number of amides is 1. The number of rotatable bonds is 5. The normalized spacial score (nSPS) is 17.7. The van der Waals surface area contributed by atoms with E-state index >= 15 is 0 Å². The van der Waals surface area contributed by atoms with Crippen molar-refractivity contribution in [3.63, 3.8) is 0 Å². The van der Waals surface area contributed by atoms with E-state index in [4.69, 9.17) is 5.10 Å². The number of H-pyrrole nitrogens is 1. The van der Waals surface area contributed by atoms with Crippen LogP contribution in [0.3, 0.4) is 0 Å². The van der Waals surface area contributed by atoms with Crippen molar-refractivity contribution in [2.24, 2.45) is 5.92 Å². The van der Waals surface area contributed by atoms with Crippen molar-refractivity contribution < 1.29 is 4.79 Å². The van der Waals surface area contributed by atoms with Gasteiger partial charge in [0.1, 0.15) is 11.5 Å². The number of anilines is 1. The highest BCUT2D eigenvalue weighted by molar-refractivity contribution is 5.92. The molecule has 0 radical (unpaired) electrons. The molecule has 2 fully saturated rings. The Bertz CT molecular complexity index is 982. The Morgan fingerprint density at radius 2 is 2.15 bits per heavy atom. The fraction of sp³-hybridized carbons (Fsp3) is 0.500. The van der Waals surface area contributed by atoms with Gasteiger partial charge in [0.2, 0.25) is 0 Å². The molecule has 27 heavy (non-hydrogen) atoms. The fourth-order valence-corrected chi connectivity index (χ4v) is 3.63. The van der Waals surface area contributed by atoms with Crippen LogP contribution < -0.4 is 10.2 Å². The van der Waals surface area contributed by atoms with Crippen LogP contribution in [0.15, 0.2) is 18.2 Å². The predicted molar refractivity (Wildman–Crippen MR) is 98.7 cm³/mol. The number of nitrogens with one attached hydrogen (secondary N) is 2. The van der Waals surface area contributed by atoms with Gasteiger partial charge in [-0.25, -0.2) is 0 Å². The number of nitrogens with zero attached hydrogens (tertiary/aromatic N) is 6. The molecule has 3 aromatic heterocycles. The van der Waals surface area contributed by atoms with Crippen molar-refractivity contribution in [3.05, 3.63) is 35.4 Å². The molecule has 4 heterocycles. The number of aryl methyl sites for hydroxylation is 1. The number of aromatic amines is 1. The minimum atomic E-state index is -0.132. The molecule has 1 saturated carbocycles. The quantitative estimate of drug-likeness (QED) is 0.705. The first-order chi connectivity index (χ1) is 13.2. The average Bonchev–Trinajstić information content (AvgIpc) is 3.18. The molecule has 0 aromatic carbocycles. The molecule has 9 heteroatoms. The lowest BCUT2D eigenvalue weighted by Crippen LogP contribution is -2.52. The van der Waals surface area contributed by atoms with Crippen molar-refractivity contribution in [3.8, 4) is 0 Å². The molecule has 3 aromatic rings. The Hall–Kier alpha value is -2.97. The maximum Gasteiger partial charge on any atom is 0.271 e. The number of hydrogen-bond acceptors (Lipinski definition) is 6. The summed E-state index contributed by atoms with van der Waals surface area (Å²) in [5.41, 5.74) is 2.12. The molecule has 9 nitrogen and oxygen atoms in total. The predicted octanol–water partition coefficient (Wildman–Crippen LogP) is 1.29. The van der Waals surface area contributed by atoms with Crippen LogP contribution in [0.25, 0.3) is 5.65 Å². The summed E-state index contributed by atoms with van der Waals surface area (Å²) in [5, 5.41) is 23.1. The zero-order chi connectivity index (χ0) is 18.4. The summed E-state index contributed by atoms with van der Waals surface area (Å²) < 4.78 is 1.90. The van der Waals surface area contributed by atoms with Crippen LogP contribution in [0.2, 0.25) is 0 Å². The number of carbonyl (C=O) groups excluding carboxylic acids is 1. The SMILES string of the molecule is Cc1cc(C(=O)NCC2CN(c3ccc4nnc(C5CCC5)n4n3)C2)n[nH]1. The Balaban J connectivity index is 1.20. The summed E-state index contributed by atoms with van der Waals surface area (Å²) in [6.07, 6.45) is 3.61. The summed E-state index contributed by atoms with van der Waals surface area (Å²) in [6.45, 7) is 4.27. The third kappa shape index (κ3) is 2.92. The Morgan fingerprint density at radius 1 is 1.30 bits per heavy atom. The van der Waals surface area contributed by atoms with Gasteiger partial charge in [-0.15, -0.1) is 15.3 Å². The number of hydrogen-bond donors (Lipinski definition) is 2. The lowest BCUT2D eigenvalue weighted by atomic mass is 9.85. The molecule has 0 bridgehead atoms. The Morgan fingerprint density at radius 3 is 2.85 bits per heavy atom. The van der Waals surface area contributed by atoms with Gasteiger partial charge < -0.3 is 10.2 Å². The third-order valence-electron chi connectivity index (χ3n) is 5.51. The van der Waals surface area contributed by atoms with Crippen LogP contribution in [0.5, 0.6) is 0 Å². The highest BCUT2D eigenvalue weighted by atomic mass is 16.1. The molecule has 1 saturated heterocycles. The van der Waals surface area contributed by atoms with Crippen LogP contribution in [0.4, 0.5) is 5.82 Å². The van der Waals surface area contributed by atoms with E-state index in [0.29, 0.717) is 24.1 Å². The molecular formula is C18H22N8O. The average molecular weight is 366 g/mol. The van der Waals surface area contributed by atoms with Gasteiger partial charge in [0.25, 0.3) is 5.91 Å². The van der Waals surface area contributed by atoms with Gasteiger partial charge in [-0.1, -0.05) is 6.42 Å². The summed E-state index contributed by atoms with van der Waals surface area (Å²) in [5.74, 6) is 2.70. The van der Waals surface area contributed by atoms with Crippen molar-refractivity contribution >= 4 is 17.4 Å². The van der Waals surface area contributed by atoms with E-state index in [1.165, 1.54) is 19.3 Å². The van der Waals surface area contributed by atoms with E-state index in [1.54, 1.807) is 6.07 Å². The van der Waals surface area contributed by atoms with Gasteiger partial charge in [-0.2, -0.15) is 9.61 Å². The standard InChI is InChI=1S/C18H22N8O/c1-11-7-14(21-20-11)18(27)19-8-12-9-25(10-12)16-6-5-15-22-23-17(26(15)24-16)13-3-2-4-13/h5-7,12-13H,2-4,8-10H2,1H3,(H,19,27)(H,20,21). The molecule has 0 atom stereocenters. The van der Waals surface area contributed by atoms with Crippen LogP contribution in [-0.4, -0.2) is 55.6 Å². The van der Waals surface area contributed by atoms with Crippen LogP contribution in [0.1, 0.15) is 47.2 Å². The zero-order valence-corrected chi connectivity index (χ0v) is 15.2. The Labute approximate surface area is 156 Å². The lowest BCUT2D eigenvalue weighted by molar-refractivity contribution is 0.0939. The second-order valence-electron chi connectivity index (χ2n) is 7.56. The first kappa shape index (κ1) is 16.2. The van der Waals surface area contributed by atoms with E-state index < -0.39 is 0 Å². The van der Waals surface area contributed by atoms with E-state index in [9.17, 15) is 4.79 Å². The maximum atomic E-state index is 12.1. The number of fused-ring (bicyclic) bond motifs is 1. The molecule has 1 aliphatic carbocycles. The molecule has 1 amide bonds. The van der Waals surface area contributed by atoms with Gasteiger partial charge in [-0.05, 0) is 38.0 Å². The van der Waals surface area contributed by atoms with E-state index in [2.05, 4.69) is 30.6 Å². The molecule has 1 aliphatic heterocycles. The second kappa shape index (κ2) is 6.33. The van der Waals surface area contributed by atoms with Crippen molar-refractivity contribution in [2.75, 3.05) is 24.5 Å². The van der Waals surface area contributed by atoms with E-state index in [0.717, 1.165) is 36.1 Å². The highest BCUT2D eigenvalue weighted by Gasteiger charge is 2.30. The highest BCUT2D eigenvalue weighted by Crippen LogP contribution is 2.35. The van der Waals surface area contributed by atoms with E-state index in [-0.39, 0.29) is 5.91 Å². The summed E-state index contributed by atoms with van der Waals surface area (Å²) in [6, 6.07) is 5.72. The topological polar surface area (TPSA) is 104 Å². The summed E-state index contributed by atoms with van der Waals surface area (Å²) in [4.78, 5) is 14.3. The molecule has 2 aliphatic rings. The largest absolute Gasteiger partial charge is 0.354 e. The van der Waals surface area contributed by atoms with Crippen LogP contribution in [0, 0.1) is 12.8 Å². The fourth-order valence-electron chi connectivity index (χ4n) is 3.63. The maximum absolute atomic E-state index is 12.1. The van der Waals surface area contributed by atoms with Gasteiger partial charge in [0.15, 0.2) is 11.5 Å². The lowest BCUT2D eigenvalue weighted by Gasteiger charge is -2.40. The van der Waals surface area contributed by atoms with Crippen molar-refractivity contribution in [2.45, 2.75) is 32.1 Å². The molecule has 0 unspecified atom stereocenters. The van der Waals surface area contributed by atoms with E-state index in [1.807, 2.05) is 23.6 Å². The monoisotopic (exact) mass is 366 g/mol. The van der Waals surface area contributed by atoms with Crippen LogP contribution in [-0.2, 0) is 0 Å².